The Balaban J connectivity index is 1.62. The van der Waals surface area contributed by atoms with Crippen LogP contribution in [0.25, 0.3) is 0 Å². The summed E-state index contributed by atoms with van der Waals surface area (Å²) in [6, 6.07) is 10.1. The van der Waals surface area contributed by atoms with E-state index in [1.54, 1.807) is 19.0 Å². The quantitative estimate of drug-likeness (QED) is 0.869. The SMILES string of the molecule is CN(C)C(=O)C1CCCC(NC(=O)NC2(c3ccccc3)CC2(C)C)C1. The van der Waals surface area contributed by atoms with Gasteiger partial charge in [-0.1, -0.05) is 50.6 Å². The van der Waals surface area contributed by atoms with Crippen molar-refractivity contribution < 1.29 is 9.59 Å². The van der Waals surface area contributed by atoms with E-state index in [9.17, 15) is 9.59 Å². The van der Waals surface area contributed by atoms with Gasteiger partial charge in [0, 0.05) is 26.1 Å². The number of benzene rings is 1. The molecule has 5 heteroatoms. The normalized spacial score (nSPS) is 29.5. The molecule has 0 aromatic heterocycles. The largest absolute Gasteiger partial charge is 0.349 e. The number of nitrogens with one attached hydrogen (secondary N) is 2. The molecule has 0 saturated heterocycles. The Morgan fingerprint density at radius 1 is 1.12 bits per heavy atom. The van der Waals surface area contributed by atoms with E-state index in [4.69, 9.17) is 0 Å². The third kappa shape index (κ3) is 3.57. The van der Waals surface area contributed by atoms with Crippen LogP contribution in [-0.2, 0) is 10.3 Å². The fourth-order valence-corrected chi connectivity index (χ4v) is 4.45. The predicted octanol–water partition coefficient (Wildman–Crippen LogP) is 3.26. The number of amides is 3. The van der Waals surface area contributed by atoms with Gasteiger partial charge in [0.2, 0.25) is 5.91 Å². The molecule has 2 aliphatic rings. The first-order valence-electron chi connectivity index (χ1n) is 9.60. The summed E-state index contributed by atoms with van der Waals surface area (Å²) in [4.78, 5) is 26.6. The third-order valence-electron chi connectivity index (χ3n) is 6.13. The first-order valence-corrected chi connectivity index (χ1v) is 9.60. The molecule has 1 aromatic carbocycles. The number of rotatable bonds is 4. The molecule has 5 nitrogen and oxygen atoms in total. The summed E-state index contributed by atoms with van der Waals surface area (Å²) in [5.41, 5.74) is 0.901. The minimum Gasteiger partial charge on any atom is -0.349 e. The minimum atomic E-state index is -0.300. The van der Waals surface area contributed by atoms with E-state index in [1.165, 1.54) is 0 Å². The molecule has 2 N–H and O–H groups in total. The lowest BCUT2D eigenvalue weighted by Crippen LogP contribution is -2.49. The van der Waals surface area contributed by atoms with Crippen molar-refractivity contribution in [1.82, 2.24) is 15.5 Å². The molecular formula is C21H31N3O2. The van der Waals surface area contributed by atoms with E-state index < -0.39 is 0 Å². The van der Waals surface area contributed by atoms with Crippen molar-refractivity contribution in [3.63, 3.8) is 0 Å². The van der Waals surface area contributed by atoms with E-state index in [2.05, 4.69) is 36.6 Å². The molecule has 0 bridgehead atoms. The van der Waals surface area contributed by atoms with Gasteiger partial charge in [0.05, 0.1) is 5.54 Å². The molecule has 0 radical (unpaired) electrons. The molecule has 3 atom stereocenters. The van der Waals surface area contributed by atoms with Gasteiger partial charge in [0.25, 0.3) is 0 Å². The molecular weight excluding hydrogens is 326 g/mol. The number of urea groups is 1. The zero-order chi connectivity index (χ0) is 18.9. The Morgan fingerprint density at radius 2 is 1.77 bits per heavy atom. The zero-order valence-electron chi connectivity index (χ0n) is 16.3. The molecule has 0 heterocycles. The van der Waals surface area contributed by atoms with Gasteiger partial charge in [-0.15, -0.1) is 0 Å². The Bertz CT molecular complexity index is 671. The molecule has 0 aliphatic heterocycles. The van der Waals surface area contributed by atoms with Crippen LogP contribution in [0.2, 0.25) is 0 Å². The number of hydrogen-bond donors (Lipinski definition) is 2. The first-order chi connectivity index (χ1) is 12.2. The van der Waals surface area contributed by atoms with Crippen molar-refractivity contribution in [3.05, 3.63) is 35.9 Å². The molecule has 26 heavy (non-hydrogen) atoms. The molecule has 2 fully saturated rings. The second-order valence-electron chi connectivity index (χ2n) is 8.72. The van der Waals surface area contributed by atoms with Crippen LogP contribution in [0.3, 0.4) is 0 Å². The Kier molecular flexibility index (Phi) is 5.00. The average Bonchev–Trinajstić information content (AvgIpc) is 3.16. The van der Waals surface area contributed by atoms with Crippen LogP contribution in [-0.4, -0.2) is 37.0 Å². The van der Waals surface area contributed by atoms with E-state index >= 15 is 0 Å². The maximum absolute atomic E-state index is 12.7. The van der Waals surface area contributed by atoms with Crippen molar-refractivity contribution >= 4 is 11.9 Å². The van der Waals surface area contributed by atoms with Gasteiger partial charge in [-0.05, 0) is 36.7 Å². The van der Waals surface area contributed by atoms with Crippen molar-refractivity contribution in [1.29, 1.82) is 0 Å². The van der Waals surface area contributed by atoms with Crippen LogP contribution in [0.4, 0.5) is 4.79 Å². The summed E-state index contributed by atoms with van der Waals surface area (Å²) in [6.45, 7) is 4.37. The highest BCUT2D eigenvalue weighted by molar-refractivity contribution is 5.79. The summed E-state index contributed by atoms with van der Waals surface area (Å²) in [5.74, 6) is 0.186. The predicted molar refractivity (Wildman–Crippen MR) is 103 cm³/mol. The van der Waals surface area contributed by atoms with Crippen molar-refractivity contribution in [3.8, 4) is 0 Å². The highest BCUT2D eigenvalue weighted by Gasteiger charge is 2.63. The van der Waals surface area contributed by atoms with E-state index in [-0.39, 0.29) is 34.9 Å². The van der Waals surface area contributed by atoms with Crippen molar-refractivity contribution in [2.24, 2.45) is 11.3 Å². The van der Waals surface area contributed by atoms with Crippen LogP contribution in [0.1, 0.15) is 51.5 Å². The third-order valence-corrected chi connectivity index (χ3v) is 6.13. The molecule has 142 valence electrons. The van der Waals surface area contributed by atoms with Gasteiger partial charge in [-0.3, -0.25) is 4.79 Å². The molecule has 0 spiro atoms. The molecule has 3 rings (SSSR count). The van der Waals surface area contributed by atoms with E-state index in [0.717, 1.165) is 37.7 Å². The Hall–Kier alpha value is -2.04. The first kappa shape index (κ1) is 18.7. The highest BCUT2D eigenvalue weighted by Crippen LogP contribution is 2.62. The maximum Gasteiger partial charge on any atom is 0.315 e. The van der Waals surface area contributed by atoms with Gasteiger partial charge in [0.1, 0.15) is 0 Å². The number of carbonyl (C=O) groups is 2. The number of carbonyl (C=O) groups excluding carboxylic acids is 2. The summed E-state index contributed by atoms with van der Waals surface area (Å²) in [7, 11) is 3.59. The minimum absolute atomic E-state index is 0.0181. The Morgan fingerprint density at radius 3 is 2.35 bits per heavy atom. The van der Waals surface area contributed by atoms with Crippen molar-refractivity contribution in [2.45, 2.75) is 57.5 Å². The monoisotopic (exact) mass is 357 g/mol. The number of nitrogens with zero attached hydrogens (tertiary/aromatic N) is 1. The zero-order valence-corrected chi connectivity index (χ0v) is 16.3. The summed E-state index contributed by atoms with van der Waals surface area (Å²) in [6.07, 6.45) is 4.49. The maximum atomic E-state index is 12.7. The molecule has 2 aliphatic carbocycles. The highest BCUT2D eigenvalue weighted by atomic mass is 16.2. The fourth-order valence-electron chi connectivity index (χ4n) is 4.45. The van der Waals surface area contributed by atoms with E-state index in [1.807, 2.05) is 18.2 Å². The molecule has 3 amide bonds. The summed E-state index contributed by atoms with van der Waals surface area (Å²) in [5, 5.41) is 6.37. The summed E-state index contributed by atoms with van der Waals surface area (Å²) >= 11 is 0. The second-order valence-corrected chi connectivity index (χ2v) is 8.72. The number of hydrogen-bond acceptors (Lipinski definition) is 2. The van der Waals surface area contributed by atoms with Gasteiger partial charge < -0.3 is 15.5 Å². The van der Waals surface area contributed by atoms with Crippen molar-refractivity contribution in [2.75, 3.05) is 14.1 Å². The topological polar surface area (TPSA) is 61.4 Å². The standard InChI is InChI=1S/C21H31N3O2/c1-20(2)14-21(20,16-10-6-5-7-11-16)23-19(26)22-17-12-8-9-15(13-17)18(25)24(3)4/h5-7,10-11,15,17H,8-9,12-14H2,1-4H3,(H2,22,23,26). The second kappa shape index (κ2) is 6.93. The van der Waals surface area contributed by atoms with Gasteiger partial charge >= 0.3 is 6.03 Å². The van der Waals surface area contributed by atoms with Gasteiger partial charge in [-0.2, -0.15) is 0 Å². The molecule has 3 unspecified atom stereocenters. The smallest absolute Gasteiger partial charge is 0.315 e. The van der Waals surface area contributed by atoms with Gasteiger partial charge in [0.15, 0.2) is 0 Å². The van der Waals surface area contributed by atoms with Crippen LogP contribution in [0.5, 0.6) is 0 Å². The van der Waals surface area contributed by atoms with Crippen LogP contribution >= 0.6 is 0 Å². The Labute approximate surface area is 156 Å². The van der Waals surface area contributed by atoms with Gasteiger partial charge in [-0.25, -0.2) is 4.79 Å². The lowest BCUT2D eigenvalue weighted by atomic mass is 9.85. The van der Waals surface area contributed by atoms with Crippen LogP contribution in [0, 0.1) is 11.3 Å². The van der Waals surface area contributed by atoms with E-state index in [0.29, 0.717) is 0 Å². The van der Waals surface area contributed by atoms with Crippen LogP contribution in [0.15, 0.2) is 30.3 Å². The summed E-state index contributed by atoms with van der Waals surface area (Å²) < 4.78 is 0. The fraction of sp³-hybridized carbons (Fsp3) is 0.619. The molecule has 2 saturated carbocycles. The molecule has 1 aromatic rings. The average molecular weight is 357 g/mol. The van der Waals surface area contributed by atoms with Crippen LogP contribution < -0.4 is 10.6 Å². The lowest BCUT2D eigenvalue weighted by molar-refractivity contribution is -0.134. The lowest BCUT2D eigenvalue weighted by Gasteiger charge is -2.31.